The summed E-state index contributed by atoms with van der Waals surface area (Å²) in [5.74, 6) is 0.174. The molecule has 2 aromatic rings. The molecule has 0 spiro atoms. The average Bonchev–Trinajstić information content (AvgIpc) is 2.70. The van der Waals surface area contributed by atoms with Gasteiger partial charge in [0.25, 0.3) is 0 Å². The predicted octanol–water partition coefficient (Wildman–Crippen LogP) is 0.432. The summed E-state index contributed by atoms with van der Waals surface area (Å²) in [6.45, 7) is 0.363. The molecule has 0 saturated carbocycles. The van der Waals surface area contributed by atoms with Gasteiger partial charge >= 0.3 is 0 Å². The summed E-state index contributed by atoms with van der Waals surface area (Å²) in [6.07, 6.45) is 3.04. The zero-order valence-electron chi connectivity index (χ0n) is 7.46. The monoisotopic (exact) mass is 190 g/mol. The topological polar surface area (TPSA) is 77.0 Å². The van der Waals surface area contributed by atoms with Crippen LogP contribution in [0.5, 0.6) is 5.75 Å². The molecule has 1 aromatic carbocycles. The van der Waals surface area contributed by atoms with Gasteiger partial charge in [-0.25, -0.2) is 0 Å². The van der Waals surface area contributed by atoms with Crippen LogP contribution < -0.4 is 5.73 Å². The highest BCUT2D eigenvalue weighted by Gasteiger charge is 2.07. The molecule has 1 heterocycles. The number of nitrogens with zero attached hydrogens (tertiary/aromatic N) is 3. The van der Waals surface area contributed by atoms with E-state index in [1.165, 1.54) is 12.7 Å². The summed E-state index contributed by atoms with van der Waals surface area (Å²) in [5.41, 5.74) is 7.05. The first kappa shape index (κ1) is 8.71. The maximum Gasteiger partial charge on any atom is 0.139 e. The summed E-state index contributed by atoms with van der Waals surface area (Å²) in [4.78, 5) is 0. The van der Waals surface area contributed by atoms with Crippen molar-refractivity contribution >= 4 is 0 Å². The van der Waals surface area contributed by atoms with Gasteiger partial charge in [-0.2, -0.15) is 0 Å². The van der Waals surface area contributed by atoms with E-state index in [4.69, 9.17) is 5.73 Å². The van der Waals surface area contributed by atoms with E-state index in [0.29, 0.717) is 12.2 Å². The lowest BCUT2D eigenvalue weighted by atomic mass is 10.1. The molecule has 0 unspecified atom stereocenters. The molecule has 0 aliphatic carbocycles. The second kappa shape index (κ2) is 3.47. The minimum absolute atomic E-state index is 0.174. The second-order valence-electron chi connectivity index (χ2n) is 2.86. The van der Waals surface area contributed by atoms with Crippen molar-refractivity contribution in [3.8, 4) is 11.4 Å². The van der Waals surface area contributed by atoms with Gasteiger partial charge in [0, 0.05) is 6.54 Å². The largest absolute Gasteiger partial charge is 0.506 e. The van der Waals surface area contributed by atoms with E-state index in [9.17, 15) is 5.11 Å². The number of nitrogens with two attached hydrogens (primary N) is 1. The van der Waals surface area contributed by atoms with Crippen molar-refractivity contribution in [2.75, 3.05) is 0 Å². The highest BCUT2D eigenvalue weighted by molar-refractivity contribution is 5.51. The van der Waals surface area contributed by atoms with Crippen molar-refractivity contribution in [2.45, 2.75) is 6.54 Å². The van der Waals surface area contributed by atoms with Crippen molar-refractivity contribution in [3.05, 3.63) is 36.4 Å². The predicted molar refractivity (Wildman–Crippen MR) is 50.9 cm³/mol. The number of aromatic nitrogens is 3. The van der Waals surface area contributed by atoms with E-state index in [-0.39, 0.29) is 5.75 Å². The molecular formula is C9H10N4O. The fourth-order valence-electron chi connectivity index (χ4n) is 1.36. The molecule has 0 atom stereocenters. The van der Waals surface area contributed by atoms with Gasteiger partial charge in [0.1, 0.15) is 18.4 Å². The van der Waals surface area contributed by atoms with Crippen LogP contribution in [0.15, 0.2) is 30.9 Å². The Morgan fingerprint density at radius 2 is 2.00 bits per heavy atom. The highest BCUT2D eigenvalue weighted by Crippen LogP contribution is 2.24. The Morgan fingerprint density at radius 1 is 1.29 bits per heavy atom. The number of benzene rings is 1. The number of hydrogen-bond donors (Lipinski definition) is 2. The third-order valence-electron chi connectivity index (χ3n) is 2.00. The molecule has 3 N–H and O–H groups in total. The smallest absolute Gasteiger partial charge is 0.139 e. The van der Waals surface area contributed by atoms with Crippen molar-refractivity contribution in [1.29, 1.82) is 0 Å². The number of hydrogen-bond acceptors (Lipinski definition) is 4. The average molecular weight is 190 g/mol. The van der Waals surface area contributed by atoms with Crippen LogP contribution in [0.25, 0.3) is 5.69 Å². The Bertz CT molecular complexity index is 424. The zero-order valence-corrected chi connectivity index (χ0v) is 7.46. The van der Waals surface area contributed by atoms with Gasteiger partial charge in [-0.3, -0.25) is 4.57 Å². The summed E-state index contributed by atoms with van der Waals surface area (Å²) < 4.78 is 1.64. The van der Waals surface area contributed by atoms with Gasteiger partial charge in [-0.05, 0) is 11.6 Å². The van der Waals surface area contributed by atoms with Crippen molar-refractivity contribution in [2.24, 2.45) is 5.73 Å². The summed E-state index contributed by atoms with van der Waals surface area (Å²) in [7, 11) is 0. The van der Waals surface area contributed by atoms with Gasteiger partial charge in [-0.15, -0.1) is 10.2 Å². The number of phenolic OH excluding ortho intramolecular Hbond substituents is 1. The van der Waals surface area contributed by atoms with Crippen LogP contribution in [0.3, 0.4) is 0 Å². The lowest BCUT2D eigenvalue weighted by Crippen LogP contribution is -2.03. The fourth-order valence-corrected chi connectivity index (χ4v) is 1.36. The van der Waals surface area contributed by atoms with Crippen LogP contribution in [0.4, 0.5) is 0 Å². The van der Waals surface area contributed by atoms with Crippen LogP contribution >= 0.6 is 0 Å². The Kier molecular flexibility index (Phi) is 2.16. The van der Waals surface area contributed by atoms with Crippen LogP contribution in [0.2, 0.25) is 0 Å². The van der Waals surface area contributed by atoms with Gasteiger partial charge in [0.05, 0.1) is 5.69 Å². The molecule has 0 aliphatic rings. The molecule has 1 aromatic heterocycles. The molecule has 2 rings (SSSR count). The van der Waals surface area contributed by atoms with Gasteiger partial charge in [-0.1, -0.05) is 12.1 Å². The third kappa shape index (κ3) is 1.33. The minimum Gasteiger partial charge on any atom is -0.506 e. The molecule has 5 nitrogen and oxygen atoms in total. The van der Waals surface area contributed by atoms with Crippen molar-refractivity contribution in [1.82, 2.24) is 14.8 Å². The highest BCUT2D eigenvalue weighted by atomic mass is 16.3. The van der Waals surface area contributed by atoms with Gasteiger partial charge in [0.2, 0.25) is 0 Å². The van der Waals surface area contributed by atoms with Crippen LogP contribution in [-0.2, 0) is 6.54 Å². The summed E-state index contributed by atoms with van der Waals surface area (Å²) in [5, 5.41) is 17.0. The number of rotatable bonds is 2. The summed E-state index contributed by atoms with van der Waals surface area (Å²) in [6, 6.07) is 5.22. The number of phenols is 1. The van der Waals surface area contributed by atoms with Crippen LogP contribution in [0.1, 0.15) is 5.56 Å². The molecule has 72 valence electrons. The Balaban J connectivity index is 2.61. The molecule has 0 saturated heterocycles. The zero-order chi connectivity index (χ0) is 9.97. The first-order valence-corrected chi connectivity index (χ1v) is 4.19. The van der Waals surface area contributed by atoms with Crippen molar-refractivity contribution < 1.29 is 5.11 Å². The van der Waals surface area contributed by atoms with E-state index in [2.05, 4.69) is 10.2 Å². The molecule has 0 amide bonds. The molecule has 0 radical (unpaired) electrons. The van der Waals surface area contributed by atoms with E-state index in [1.54, 1.807) is 16.7 Å². The molecule has 0 aliphatic heterocycles. The van der Waals surface area contributed by atoms with Crippen molar-refractivity contribution in [3.63, 3.8) is 0 Å². The molecule has 5 heteroatoms. The Labute approximate surface area is 80.8 Å². The SMILES string of the molecule is NCc1cccc(O)c1-n1cnnc1. The first-order chi connectivity index (χ1) is 6.83. The lowest BCUT2D eigenvalue weighted by Gasteiger charge is -2.09. The second-order valence-corrected chi connectivity index (χ2v) is 2.86. The Hall–Kier alpha value is -1.88. The van der Waals surface area contributed by atoms with E-state index >= 15 is 0 Å². The third-order valence-corrected chi connectivity index (χ3v) is 2.00. The first-order valence-electron chi connectivity index (χ1n) is 4.19. The molecule has 14 heavy (non-hydrogen) atoms. The number of para-hydroxylation sites is 1. The van der Waals surface area contributed by atoms with E-state index in [0.717, 1.165) is 5.56 Å². The maximum atomic E-state index is 9.66. The molecule has 0 fully saturated rings. The summed E-state index contributed by atoms with van der Waals surface area (Å²) >= 11 is 0. The fraction of sp³-hybridized carbons (Fsp3) is 0.111. The molecular weight excluding hydrogens is 180 g/mol. The normalized spacial score (nSPS) is 10.4. The maximum absolute atomic E-state index is 9.66. The standard InChI is InChI=1S/C9H10N4O/c10-4-7-2-1-3-8(14)9(7)13-5-11-12-6-13/h1-3,5-6,14H,4,10H2. The van der Waals surface area contributed by atoms with Gasteiger partial charge in [0.15, 0.2) is 0 Å². The van der Waals surface area contributed by atoms with Crippen LogP contribution in [0, 0.1) is 0 Å². The minimum atomic E-state index is 0.174. The van der Waals surface area contributed by atoms with E-state index < -0.39 is 0 Å². The van der Waals surface area contributed by atoms with Gasteiger partial charge < -0.3 is 10.8 Å². The quantitative estimate of drug-likeness (QED) is 0.720. The Morgan fingerprint density at radius 3 is 2.64 bits per heavy atom. The number of aromatic hydroxyl groups is 1. The molecule has 0 bridgehead atoms. The lowest BCUT2D eigenvalue weighted by molar-refractivity contribution is 0.471. The van der Waals surface area contributed by atoms with E-state index in [1.807, 2.05) is 6.07 Å². The van der Waals surface area contributed by atoms with Crippen LogP contribution in [-0.4, -0.2) is 19.9 Å².